The van der Waals surface area contributed by atoms with Crippen molar-refractivity contribution in [3.63, 3.8) is 0 Å². The first kappa shape index (κ1) is 15.5. The van der Waals surface area contributed by atoms with Gasteiger partial charge in [-0.15, -0.1) is 0 Å². The molecule has 0 spiro atoms. The maximum Gasteiger partial charge on any atom is 0.332 e. The third-order valence-corrected chi connectivity index (χ3v) is 4.84. The van der Waals surface area contributed by atoms with Crippen LogP contribution in [0.5, 0.6) is 0 Å². The Morgan fingerprint density at radius 3 is 2.42 bits per heavy atom. The van der Waals surface area contributed by atoms with Gasteiger partial charge in [-0.3, -0.25) is 4.79 Å². The lowest BCUT2D eigenvalue weighted by molar-refractivity contribution is -0.149. The summed E-state index contributed by atoms with van der Waals surface area (Å²) in [5.41, 5.74) is 7.45. The zero-order chi connectivity index (χ0) is 14.8. The van der Waals surface area contributed by atoms with Crippen molar-refractivity contribution in [2.24, 2.45) is 27.6 Å². The van der Waals surface area contributed by atoms with Crippen LogP contribution in [0.25, 0.3) is 0 Å². The van der Waals surface area contributed by atoms with Gasteiger partial charge >= 0.3 is 12.0 Å². The fraction of sp³-hybridized carbons (Fsp3) is 0.769. The van der Waals surface area contributed by atoms with Gasteiger partial charge < -0.3 is 10.5 Å². The number of methoxy groups -OCH3 is 1. The second kappa shape index (κ2) is 5.19. The lowest BCUT2D eigenvalue weighted by Gasteiger charge is -2.40. The van der Waals surface area contributed by atoms with E-state index in [0.717, 1.165) is 18.6 Å². The molecule has 6 heteroatoms. The van der Waals surface area contributed by atoms with Crippen LogP contribution in [0.1, 0.15) is 40.5 Å². The molecular formula is C13H23N3O3. The zero-order valence-corrected chi connectivity index (χ0v) is 12.2. The predicted octanol–water partition coefficient (Wildman–Crippen LogP) is 1.65. The molecule has 0 bridgehead atoms. The Hall–Kier alpha value is -1.59. The molecule has 1 aliphatic rings. The Kier molecular flexibility index (Phi) is 4.22. The van der Waals surface area contributed by atoms with Gasteiger partial charge in [-0.1, -0.05) is 20.8 Å². The number of hydrazone groups is 1. The highest BCUT2D eigenvalue weighted by atomic mass is 16.5. The number of esters is 1. The van der Waals surface area contributed by atoms with Crippen LogP contribution < -0.4 is 11.2 Å². The SMILES string of the molecule is COC(=O)[C@@H]1CC[C@](C)(/C(C)=N/NC(N)=O)C1(C)C. The second-order valence-electron chi connectivity index (χ2n) is 5.84. The van der Waals surface area contributed by atoms with E-state index in [-0.39, 0.29) is 22.7 Å². The molecule has 1 aliphatic carbocycles. The number of carbonyl (C=O) groups excluding carboxylic acids is 2. The van der Waals surface area contributed by atoms with Crippen molar-refractivity contribution in [3.05, 3.63) is 0 Å². The molecular weight excluding hydrogens is 246 g/mol. The molecule has 2 atom stereocenters. The number of primary amides is 1. The van der Waals surface area contributed by atoms with E-state index in [9.17, 15) is 9.59 Å². The van der Waals surface area contributed by atoms with E-state index in [1.165, 1.54) is 7.11 Å². The average Bonchev–Trinajstić information content (AvgIpc) is 2.57. The summed E-state index contributed by atoms with van der Waals surface area (Å²) >= 11 is 0. The highest BCUT2D eigenvalue weighted by Gasteiger charge is 2.56. The minimum atomic E-state index is -0.691. The Bertz CT molecular complexity index is 417. The van der Waals surface area contributed by atoms with E-state index in [0.29, 0.717) is 0 Å². The van der Waals surface area contributed by atoms with Crippen LogP contribution in [0.3, 0.4) is 0 Å². The summed E-state index contributed by atoms with van der Waals surface area (Å²) < 4.78 is 4.87. The van der Waals surface area contributed by atoms with Crippen LogP contribution in [0.15, 0.2) is 5.10 Å². The Balaban J connectivity index is 3.03. The number of rotatable bonds is 3. The van der Waals surface area contributed by atoms with Gasteiger partial charge in [0.25, 0.3) is 0 Å². The van der Waals surface area contributed by atoms with Gasteiger partial charge in [-0.25, -0.2) is 10.2 Å². The number of ether oxygens (including phenoxy) is 1. The quantitative estimate of drug-likeness (QED) is 0.463. The smallest absolute Gasteiger partial charge is 0.332 e. The molecule has 0 radical (unpaired) electrons. The second-order valence-corrected chi connectivity index (χ2v) is 5.84. The number of nitrogens with two attached hydrogens (primary N) is 1. The molecule has 0 heterocycles. The standard InChI is InChI=1S/C13H23N3O3/c1-8(15-16-11(14)18)13(4)7-6-9(10(17)19-5)12(13,2)3/h9H,6-7H2,1-5H3,(H3,14,16,18)/b15-8+/t9-,13+/m0/s1. The minimum absolute atomic E-state index is 0.166. The van der Waals surface area contributed by atoms with Crippen molar-refractivity contribution in [1.29, 1.82) is 0 Å². The number of hydrogen-bond acceptors (Lipinski definition) is 4. The van der Waals surface area contributed by atoms with Crippen molar-refractivity contribution in [2.75, 3.05) is 7.11 Å². The molecule has 1 saturated carbocycles. The summed E-state index contributed by atoms with van der Waals surface area (Å²) in [5, 5.41) is 4.03. The van der Waals surface area contributed by atoms with E-state index in [1.54, 1.807) is 0 Å². The molecule has 0 saturated heterocycles. The maximum atomic E-state index is 11.9. The number of hydrogen-bond donors (Lipinski definition) is 2. The van der Waals surface area contributed by atoms with E-state index in [2.05, 4.69) is 17.5 Å². The molecule has 0 unspecified atom stereocenters. The van der Waals surface area contributed by atoms with Gasteiger partial charge in [0.05, 0.1) is 13.0 Å². The molecule has 3 N–H and O–H groups in total. The van der Waals surface area contributed by atoms with E-state index in [1.807, 2.05) is 20.8 Å². The van der Waals surface area contributed by atoms with Gasteiger partial charge in [0.1, 0.15) is 0 Å². The number of urea groups is 1. The number of amides is 2. The van der Waals surface area contributed by atoms with Crippen molar-refractivity contribution >= 4 is 17.7 Å². The maximum absolute atomic E-state index is 11.9. The first-order chi connectivity index (χ1) is 8.66. The molecule has 2 amide bonds. The van der Waals surface area contributed by atoms with Crippen LogP contribution in [-0.2, 0) is 9.53 Å². The lowest BCUT2D eigenvalue weighted by Crippen LogP contribution is -2.43. The van der Waals surface area contributed by atoms with Crippen molar-refractivity contribution < 1.29 is 14.3 Å². The minimum Gasteiger partial charge on any atom is -0.469 e. The monoisotopic (exact) mass is 269 g/mol. The summed E-state index contributed by atoms with van der Waals surface area (Å²) in [4.78, 5) is 22.6. The topological polar surface area (TPSA) is 93.8 Å². The van der Waals surface area contributed by atoms with E-state index >= 15 is 0 Å². The third-order valence-electron chi connectivity index (χ3n) is 4.84. The average molecular weight is 269 g/mol. The van der Waals surface area contributed by atoms with E-state index in [4.69, 9.17) is 10.5 Å². The van der Waals surface area contributed by atoms with Crippen molar-refractivity contribution in [2.45, 2.75) is 40.5 Å². The van der Waals surface area contributed by atoms with Crippen LogP contribution in [-0.4, -0.2) is 24.8 Å². The van der Waals surface area contributed by atoms with Crippen LogP contribution >= 0.6 is 0 Å². The van der Waals surface area contributed by atoms with Crippen molar-refractivity contribution in [3.8, 4) is 0 Å². The Morgan fingerprint density at radius 1 is 1.37 bits per heavy atom. The Labute approximate surface area is 113 Å². The molecule has 1 fully saturated rings. The summed E-state index contributed by atoms with van der Waals surface area (Å²) in [6.07, 6.45) is 1.56. The molecule has 0 aliphatic heterocycles. The summed E-state index contributed by atoms with van der Waals surface area (Å²) in [7, 11) is 1.41. The van der Waals surface area contributed by atoms with Gasteiger partial charge in [-0.05, 0) is 25.2 Å². The number of nitrogens with zero attached hydrogens (tertiary/aromatic N) is 1. The fourth-order valence-corrected chi connectivity index (χ4v) is 2.96. The molecule has 19 heavy (non-hydrogen) atoms. The third kappa shape index (κ3) is 2.57. The van der Waals surface area contributed by atoms with Gasteiger partial charge in [-0.2, -0.15) is 5.10 Å². The first-order valence-corrected chi connectivity index (χ1v) is 6.35. The van der Waals surface area contributed by atoms with Crippen LogP contribution in [0.4, 0.5) is 4.79 Å². The highest BCUT2D eigenvalue weighted by molar-refractivity contribution is 5.91. The summed E-state index contributed by atoms with van der Waals surface area (Å²) in [5.74, 6) is -0.356. The van der Waals surface area contributed by atoms with Crippen LogP contribution in [0.2, 0.25) is 0 Å². The molecule has 0 aromatic heterocycles. The van der Waals surface area contributed by atoms with Crippen LogP contribution in [0, 0.1) is 16.7 Å². The molecule has 6 nitrogen and oxygen atoms in total. The number of nitrogens with one attached hydrogen (secondary N) is 1. The van der Waals surface area contributed by atoms with Gasteiger partial charge in [0.15, 0.2) is 0 Å². The normalized spacial score (nSPS) is 29.9. The predicted molar refractivity (Wildman–Crippen MR) is 72.5 cm³/mol. The largest absolute Gasteiger partial charge is 0.469 e. The van der Waals surface area contributed by atoms with E-state index < -0.39 is 6.03 Å². The molecule has 1 rings (SSSR count). The lowest BCUT2D eigenvalue weighted by atomic mass is 9.63. The molecule has 0 aromatic carbocycles. The summed E-state index contributed by atoms with van der Waals surface area (Å²) in [6, 6.07) is -0.691. The number of carbonyl (C=O) groups is 2. The zero-order valence-electron chi connectivity index (χ0n) is 12.2. The molecule has 0 aromatic rings. The summed E-state index contributed by atoms with van der Waals surface area (Å²) in [6.45, 7) is 7.96. The van der Waals surface area contributed by atoms with Crippen molar-refractivity contribution in [1.82, 2.24) is 5.43 Å². The fourth-order valence-electron chi connectivity index (χ4n) is 2.96. The highest BCUT2D eigenvalue weighted by Crippen LogP contribution is 2.56. The van der Waals surface area contributed by atoms with Gasteiger partial charge in [0.2, 0.25) is 0 Å². The Morgan fingerprint density at radius 2 is 1.95 bits per heavy atom. The molecule has 108 valence electrons. The van der Waals surface area contributed by atoms with Gasteiger partial charge in [0, 0.05) is 11.1 Å². The first-order valence-electron chi connectivity index (χ1n) is 6.35.